The van der Waals surface area contributed by atoms with Gasteiger partial charge in [0.25, 0.3) is 0 Å². The van der Waals surface area contributed by atoms with Crippen molar-refractivity contribution < 1.29 is 28.5 Å². The number of rotatable bonds is 4. The summed E-state index contributed by atoms with van der Waals surface area (Å²) in [5, 5.41) is 0. The fraction of sp³-hybridized carbons (Fsp3) is 0.833. The predicted octanol–water partition coefficient (Wildman–Crippen LogP) is 0.429. The van der Waals surface area contributed by atoms with Crippen LogP contribution in [0, 0.1) is 0 Å². The Morgan fingerprint density at radius 3 is 2.67 bits per heavy atom. The first-order valence-corrected chi connectivity index (χ1v) is 6.32. The molecule has 102 valence electrons. The molecule has 0 aromatic heterocycles. The van der Waals surface area contributed by atoms with E-state index in [1.807, 2.05) is 0 Å². The molecule has 0 N–H and O–H groups in total. The molecule has 0 amide bonds. The van der Waals surface area contributed by atoms with Crippen LogP contribution in [0.2, 0.25) is 0 Å². The second-order valence-corrected chi connectivity index (χ2v) is 4.31. The lowest BCUT2D eigenvalue weighted by Gasteiger charge is -2.19. The van der Waals surface area contributed by atoms with Crippen molar-refractivity contribution in [1.29, 1.82) is 0 Å². The fourth-order valence-electron chi connectivity index (χ4n) is 2.12. The zero-order valence-corrected chi connectivity index (χ0v) is 10.4. The first kappa shape index (κ1) is 13.3. The quantitative estimate of drug-likeness (QED) is 0.681. The Labute approximate surface area is 106 Å². The average Bonchev–Trinajstić information content (AvgIpc) is 2.99. The minimum absolute atomic E-state index is 0.283. The molecule has 2 aliphatic rings. The highest BCUT2D eigenvalue weighted by Crippen LogP contribution is 2.21. The lowest BCUT2D eigenvalue weighted by Crippen LogP contribution is -2.37. The van der Waals surface area contributed by atoms with E-state index in [-0.39, 0.29) is 6.61 Å². The Morgan fingerprint density at radius 2 is 2.00 bits per heavy atom. The zero-order chi connectivity index (χ0) is 13.0. The van der Waals surface area contributed by atoms with Crippen LogP contribution >= 0.6 is 0 Å². The Bertz CT molecular complexity index is 310. The third-order valence-corrected chi connectivity index (χ3v) is 3.02. The van der Waals surface area contributed by atoms with E-state index in [4.69, 9.17) is 18.9 Å². The van der Waals surface area contributed by atoms with Crippen molar-refractivity contribution >= 4 is 11.9 Å². The summed E-state index contributed by atoms with van der Waals surface area (Å²) in [7, 11) is 0. The number of esters is 2. The predicted molar refractivity (Wildman–Crippen MR) is 59.8 cm³/mol. The minimum Gasteiger partial charge on any atom is -0.464 e. The maximum atomic E-state index is 11.8. The maximum Gasteiger partial charge on any atom is 0.339 e. The van der Waals surface area contributed by atoms with Crippen molar-refractivity contribution in [3.8, 4) is 0 Å². The van der Waals surface area contributed by atoms with Gasteiger partial charge in [-0.25, -0.2) is 9.59 Å². The molecule has 2 saturated heterocycles. The molecule has 0 aliphatic carbocycles. The summed E-state index contributed by atoms with van der Waals surface area (Å²) in [6.45, 7) is 2.99. The molecule has 3 atom stereocenters. The van der Waals surface area contributed by atoms with Crippen LogP contribution < -0.4 is 0 Å². The molecule has 3 unspecified atom stereocenters. The van der Waals surface area contributed by atoms with Gasteiger partial charge in [-0.3, -0.25) is 0 Å². The molecule has 6 heteroatoms. The van der Waals surface area contributed by atoms with Gasteiger partial charge in [0.15, 0.2) is 12.2 Å². The molecule has 18 heavy (non-hydrogen) atoms. The number of carbonyl (C=O) groups is 2. The Balaban J connectivity index is 1.87. The summed E-state index contributed by atoms with van der Waals surface area (Å²) in [6, 6.07) is 0. The molecule has 0 aromatic rings. The second kappa shape index (κ2) is 6.15. The second-order valence-electron chi connectivity index (χ2n) is 4.31. The monoisotopic (exact) mass is 258 g/mol. The van der Waals surface area contributed by atoms with Gasteiger partial charge in [0.05, 0.1) is 13.2 Å². The van der Waals surface area contributed by atoms with Gasteiger partial charge in [-0.1, -0.05) is 0 Å². The molecule has 2 heterocycles. The highest BCUT2D eigenvalue weighted by atomic mass is 16.6. The standard InChI is InChI=1S/C12H18O6/c1-2-15-12(14)10-8(5-7-17-10)18-11(13)9-4-3-6-16-9/h8-10H,2-7H2,1H3. The number of hydrogen-bond acceptors (Lipinski definition) is 6. The van der Waals surface area contributed by atoms with E-state index in [0.29, 0.717) is 26.1 Å². The van der Waals surface area contributed by atoms with Gasteiger partial charge in [-0.15, -0.1) is 0 Å². The first-order chi connectivity index (χ1) is 8.72. The lowest BCUT2D eigenvalue weighted by molar-refractivity contribution is -0.170. The third-order valence-electron chi connectivity index (χ3n) is 3.02. The summed E-state index contributed by atoms with van der Waals surface area (Å²) in [6.07, 6.45) is 0.213. The van der Waals surface area contributed by atoms with Crippen molar-refractivity contribution in [2.45, 2.75) is 44.5 Å². The molecule has 2 fully saturated rings. The molecule has 2 aliphatic heterocycles. The summed E-state index contributed by atoms with van der Waals surface area (Å²) >= 11 is 0. The number of carbonyl (C=O) groups excluding carboxylic acids is 2. The molecular formula is C12H18O6. The van der Waals surface area contributed by atoms with Crippen LogP contribution in [-0.4, -0.2) is 50.1 Å². The molecule has 2 rings (SSSR count). The van der Waals surface area contributed by atoms with E-state index in [1.165, 1.54) is 0 Å². The maximum absolute atomic E-state index is 11.8. The van der Waals surface area contributed by atoms with Crippen LogP contribution in [0.15, 0.2) is 0 Å². The molecule has 0 saturated carbocycles. The summed E-state index contributed by atoms with van der Waals surface area (Å²) < 4.78 is 20.6. The number of ether oxygens (including phenoxy) is 4. The van der Waals surface area contributed by atoms with Gasteiger partial charge < -0.3 is 18.9 Å². The molecule has 0 aromatic carbocycles. The molecule has 0 radical (unpaired) electrons. The van der Waals surface area contributed by atoms with Crippen LogP contribution in [0.3, 0.4) is 0 Å². The Kier molecular flexibility index (Phi) is 4.54. The average molecular weight is 258 g/mol. The molecular weight excluding hydrogens is 240 g/mol. The summed E-state index contributed by atoms with van der Waals surface area (Å²) in [5.41, 5.74) is 0. The van der Waals surface area contributed by atoms with Crippen LogP contribution in [0.1, 0.15) is 26.2 Å². The lowest BCUT2D eigenvalue weighted by atomic mass is 10.2. The van der Waals surface area contributed by atoms with Crippen LogP contribution in [0.25, 0.3) is 0 Å². The van der Waals surface area contributed by atoms with E-state index < -0.39 is 30.3 Å². The summed E-state index contributed by atoms with van der Waals surface area (Å²) in [5.74, 6) is -0.877. The normalized spacial score (nSPS) is 31.3. The third kappa shape index (κ3) is 3.00. The van der Waals surface area contributed by atoms with Crippen LogP contribution in [0.4, 0.5) is 0 Å². The summed E-state index contributed by atoms with van der Waals surface area (Å²) in [4.78, 5) is 23.4. The van der Waals surface area contributed by atoms with Gasteiger partial charge in [0.1, 0.15) is 6.10 Å². The van der Waals surface area contributed by atoms with Crippen LogP contribution in [0.5, 0.6) is 0 Å². The van der Waals surface area contributed by atoms with Crippen molar-refractivity contribution in [1.82, 2.24) is 0 Å². The van der Waals surface area contributed by atoms with Crippen molar-refractivity contribution in [3.63, 3.8) is 0 Å². The minimum atomic E-state index is -0.796. The zero-order valence-electron chi connectivity index (χ0n) is 10.4. The van der Waals surface area contributed by atoms with Crippen molar-refractivity contribution in [3.05, 3.63) is 0 Å². The molecule has 0 bridgehead atoms. The van der Waals surface area contributed by atoms with Crippen LogP contribution in [-0.2, 0) is 28.5 Å². The largest absolute Gasteiger partial charge is 0.464 e. The van der Waals surface area contributed by atoms with Gasteiger partial charge in [0.2, 0.25) is 0 Å². The van der Waals surface area contributed by atoms with E-state index in [1.54, 1.807) is 6.92 Å². The van der Waals surface area contributed by atoms with E-state index in [9.17, 15) is 9.59 Å². The van der Waals surface area contributed by atoms with Crippen molar-refractivity contribution in [2.24, 2.45) is 0 Å². The fourth-order valence-corrected chi connectivity index (χ4v) is 2.12. The Morgan fingerprint density at radius 1 is 1.17 bits per heavy atom. The topological polar surface area (TPSA) is 71.1 Å². The highest BCUT2D eigenvalue weighted by Gasteiger charge is 2.39. The van der Waals surface area contributed by atoms with E-state index >= 15 is 0 Å². The molecule has 0 spiro atoms. The number of hydrogen-bond donors (Lipinski definition) is 0. The smallest absolute Gasteiger partial charge is 0.339 e. The van der Waals surface area contributed by atoms with E-state index in [2.05, 4.69) is 0 Å². The van der Waals surface area contributed by atoms with Gasteiger partial charge in [0, 0.05) is 13.0 Å². The van der Waals surface area contributed by atoms with E-state index in [0.717, 1.165) is 6.42 Å². The van der Waals surface area contributed by atoms with Gasteiger partial charge >= 0.3 is 11.9 Å². The van der Waals surface area contributed by atoms with Gasteiger partial charge in [-0.05, 0) is 19.8 Å². The van der Waals surface area contributed by atoms with Crippen molar-refractivity contribution in [2.75, 3.05) is 19.8 Å². The SMILES string of the molecule is CCOC(=O)C1OCCC1OC(=O)C1CCCO1. The Hall–Kier alpha value is -1.14. The molecule has 6 nitrogen and oxygen atoms in total. The van der Waals surface area contributed by atoms with Gasteiger partial charge in [-0.2, -0.15) is 0 Å². The highest BCUT2D eigenvalue weighted by molar-refractivity contribution is 5.78. The first-order valence-electron chi connectivity index (χ1n) is 6.32.